The van der Waals surface area contributed by atoms with Crippen LogP contribution in [0, 0.1) is 5.92 Å². The summed E-state index contributed by atoms with van der Waals surface area (Å²) in [5.41, 5.74) is -0.446. The summed E-state index contributed by atoms with van der Waals surface area (Å²) in [5.74, 6) is 1.29. The molecule has 3 unspecified atom stereocenters. The zero-order valence-corrected chi connectivity index (χ0v) is 13.4. The molecule has 116 valence electrons. The molecule has 2 rings (SSSR count). The quantitative estimate of drug-likeness (QED) is 0.671. The Labute approximate surface area is 126 Å². The summed E-state index contributed by atoms with van der Waals surface area (Å²) >= 11 is 1.79. The first kappa shape index (κ1) is 16.1. The molecule has 4 nitrogen and oxygen atoms in total. The van der Waals surface area contributed by atoms with Gasteiger partial charge in [0.15, 0.2) is 0 Å². The van der Waals surface area contributed by atoms with Crippen LogP contribution in [0.5, 0.6) is 0 Å². The fourth-order valence-electron chi connectivity index (χ4n) is 3.22. The number of aliphatic hydroxyl groups is 1. The number of esters is 1. The molecule has 0 aromatic carbocycles. The number of thioether (sulfide) groups is 1. The number of methoxy groups -OCH3 is 1. The minimum absolute atomic E-state index is 0.0768. The molecule has 0 radical (unpaired) electrons. The number of nitrogens with one attached hydrogen (secondary N) is 1. The van der Waals surface area contributed by atoms with E-state index in [0.29, 0.717) is 12.0 Å². The van der Waals surface area contributed by atoms with Gasteiger partial charge < -0.3 is 9.84 Å². The molecule has 0 bridgehead atoms. The van der Waals surface area contributed by atoms with Gasteiger partial charge in [0.25, 0.3) is 0 Å². The molecule has 0 saturated heterocycles. The van der Waals surface area contributed by atoms with E-state index in [9.17, 15) is 4.79 Å². The van der Waals surface area contributed by atoms with E-state index in [1.54, 1.807) is 11.8 Å². The maximum atomic E-state index is 12.3. The van der Waals surface area contributed by atoms with Gasteiger partial charge in [-0.05, 0) is 43.8 Å². The van der Waals surface area contributed by atoms with Crippen LogP contribution in [0.4, 0.5) is 0 Å². The fourth-order valence-corrected chi connectivity index (χ4v) is 4.15. The van der Waals surface area contributed by atoms with Crippen molar-refractivity contribution < 1.29 is 14.6 Å². The zero-order valence-electron chi connectivity index (χ0n) is 12.6. The van der Waals surface area contributed by atoms with Crippen molar-refractivity contribution >= 4 is 17.7 Å². The molecule has 2 aliphatic rings. The van der Waals surface area contributed by atoms with E-state index in [2.05, 4.69) is 5.32 Å². The highest BCUT2D eigenvalue weighted by Gasteiger charge is 2.51. The molecule has 2 N–H and O–H groups in total. The maximum absolute atomic E-state index is 12.3. The lowest BCUT2D eigenvalue weighted by atomic mass is 9.84. The average Bonchev–Trinajstić information content (AvgIpc) is 3.18. The Bertz CT molecular complexity index is 335. The minimum atomic E-state index is -0.446. The smallest absolute Gasteiger partial charge is 0.326 e. The van der Waals surface area contributed by atoms with Gasteiger partial charge in [0.05, 0.1) is 13.7 Å². The van der Waals surface area contributed by atoms with Crippen LogP contribution in [0.1, 0.15) is 45.4 Å². The number of hydrogen-bond acceptors (Lipinski definition) is 5. The van der Waals surface area contributed by atoms with Crippen molar-refractivity contribution in [3.05, 3.63) is 0 Å². The van der Waals surface area contributed by atoms with Gasteiger partial charge in [-0.1, -0.05) is 13.3 Å². The fraction of sp³-hybridized carbons (Fsp3) is 0.933. The summed E-state index contributed by atoms with van der Waals surface area (Å²) in [4.78, 5) is 12.3. The maximum Gasteiger partial charge on any atom is 0.326 e. The van der Waals surface area contributed by atoms with E-state index in [1.807, 2.05) is 6.92 Å². The second-order valence-corrected chi connectivity index (χ2v) is 7.67. The lowest BCUT2D eigenvalue weighted by Crippen LogP contribution is -2.56. The highest BCUT2D eigenvalue weighted by Crippen LogP contribution is 2.42. The Morgan fingerprint density at radius 2 is 2.25 bits per heavy atom. The van der Waals surface area contributed by atoms with Gasteiger partial charge in [-0.2, -0.15) is 11.8 Å². The van der Waals surface area contributed by atoms with Gasteiger partial charge in [-0.15, -0.1) is 0 Å². The van der Waals surface area contributed by atoms with Crippen LogP contribution in [0.3, 0.4) is 0 Å². The van der Waals surface area contributed by atoms with Crippen LogP contribution in [-0.2, 0) is 9.53 Å². The lowest BCUT2D eigenvalue weighted by Gasteiger charge is -2.34. The standard InChI is InChI=1S/C15H27NO3S/c1-11(10-17)20-9-7-12-4-3-8-15(12,14(18)19-2)16-13-5-6-13/h11-13,16-17H,3-10H2,1-2H3. The number of ether oxygens (including phenoxy) is 1. The first-order valence-corrected chi connectivity index (χ1v) is 8.76. The number of carbonyl (C=O) groups is 1. The summed E-state index contributed by atoms with van der Waals surface area (Å²) in [7, 11) is 1.50. The minimum Gasteiger partial charge on any atom is -0.468 e. The monoisotopic (exact) mass is 301 g/mol. The summed E-state index contributed by atoms with van der Waals surface area (Å²) in [6, 6.07) is 0.513. The predicted molar refractivity (Wildman–Crippen MR) is 81.9 cm³/mol. The van der Waals surface area contributed by atoms with Crippen molar-refractivity contribution in [2.75, 3.05) is 19.5 Å². The number of carbonyl (C=O) groups excluding carboxylic acids is 1. The Morgan fingerprint density at radius 1 is 1.50 bits per heavy atom. The molecule has 3 atom stereocenters. The van der Waals surface area contributed by atoms with Crippen molar-refractivity contribution in [3.63, 3.8) is 0 Å². The Hall–Kier alpha value is -0.260. The van der Waals surface area contributed by atoms with Gasteiger partial charge in [0.2, 0.25) is 0 Å². The van der Waals surface area contributed by atoms with E-state index >= 15 is 0 Å². The van der Waals surface area contributed by atoms with Gasteiger partial charge in [-0.3, -0.25) is 10.1 Å². The van der Waals surface area contributed by atoms with Crippen LogP contribution in [0.25, 0.3) is 0 Å². The first-order valence-electron chi connectivity index (χ1n) is 7.71. The van der Waals surface area contributed by atoms with Gasteiger partial charge >= 0.3 is 5.97 Å². The molecule has 2 fully saturated rings. The number of aliphatic hydroxyl groups excluding tert-OH is 1. The second kappa shape index (κ2) is 7.14. The average molecular weight is 301 g/mol. The van der Waals surface area contributed by atoms with Gasteiger partial charge in [0, 0.05) is 11.3 Å². The van der Waals surface area contributed by atoms with Crippen LogP contribution in [0.15, 0.2) is 0 Å². The first-order chi connectivity index (χ1) is 9.62. The second-order valence-electron chi connectivity index (χ2n) is 6.12. The van der Waals surface area contributed by atoms with Crippen molar-refractivity contribution in [1.29, 1.82) is 0 Å². The molecule has 2 saturated carbocycles. The van der Waals surface area contributed by atoms with Crippen LogP contribution in [-0.4, -0.2) is 47.4 Å². The van der Waals surface area contributed by atoms with E-state index < -0.39 is 5.54 Å². The molecule has 20 heavy (non-hydrogen) atoms. The Kier molecular flexibility index (Phi) is 5.75. The summed E-state index contributed by atoms with van der Waals surface area (Å²) in [6.45, 7) is 2.26. The van der Waals surface area contributed by atoms with Gasteiger partial charge in [0.1, 0.15) is 5.54 Å². The molecular formula is C15H27NO3S. The Morgan fingerprint density at radius 3 is 2.85 bits per heavy atom. The van der Waals surface area contributed by atoms with E-state index in [4.69, 9.17) is 9.84 Å². The van der Waals surface area contributed by atoms with Crippen molar-refractivity contribution in [2.24, 2.45) is 5.92 Å². The molecule has 0 heterocycles. The molecular weight excluding hydrogens is 274 g/mol. The molecule has 2 aliphatic carbocycles. The molecule has 0 aromatic heterocycles. The normalized spacial score (nSPS) is 31.2. The SMILES string of the molecule is COC(=O)C1(NC2CC2)CCCC1CCSC(C)CO. The molecule has 0 aromatic rings. The molecule has 5 heteroatoms. The number of rotatable bonds is 8. The van der Waals surface area contributed by atoms with Crippen molar-refractivity contribution in [2.45, 2.75) is 62.3 Å². The lowest BCUT2D eigenvalue weighted by molar-refractivity contribution is -0.150. The largest absolute Gasteiger partial charge is 0.468 e. The summed E-state index contributed by atoms with van der Waals surface area (Å²) in [5, 5.41) is 12.9. The number of hydrogen-bond donors (Lipinski definition) is 2. The summed E-state index contributed by atoms with van der Waals surface area (Å²) < 4.78 is 5.10. The third kappa shape index (κ3) is 3.68. The zero-order chi connectivity index (χ0) is 14.6. The topological polar surface area (TPSA) is 58.6 Å². The molecule has 0 amide bonds. The van der Waals surface area contributed by atoms with E-state index in [-0.39, 0.29) is 17.8 Å². The van der Waals surface area contributed by atoms with Crippen molar-refractivity contribution in [3.8, 4) is 0 Å². The van der Waals surface area contributed by atoms with Gasteiger partial charge in [-0.25, -0.2) is 0 Å². The van der Waals surface area contributed by atoms with Crippen molar-refractivity contribution in [1.82, 2.24) is 5.32 Å². The third-order valence-electron chi connectivity index (χ3n) is 4.54. The highest BCUT2D eigenvalue weighted by molar-refractivity contribution is 7.99. The summed E-state index contributed by atoms with van der Waals surface area (Å²) in [6.07, 6.45) is 6.48. The molecule has 0 spiro atoms. The van der Waals surface area contributed by atoms with Crippen LogP contribution >= 0.6 is 11.8 Å². The highest BCUT2D eigenvalue weighted by atomic mass is 32.2. The third-order valence-corrected chi connectivity index (χ3v) is 5.72. The van der Waals surface area contributed by atoms with E-state index in [0.717, 1.165) is 31.4 Å². The predicted octanol–water partition coefficient (Wildman–Crippen LogP) is 1.95. The van der Waals surface area contributed by atoms with E-state index in [1.165, 1.54) is 20.0 Å². The Balaban J connectivity index is 1.95. The molecule has 0 aliphatic heterocycles. The van der Waals surface area contributed by atoms with Crippen LogP contribution < -0.4 is 5.32 Å². The van der Waals surface area contributed by atoms with Crippen LogP contribution in [0.2, 0.25) is 0 Å².